The number of carbonyl (C=O) groups excluding carboxylic acids is 1. The Bertz CT molecular complexity index is 441. The maximum absolute atomic E-state index is 12.2. The first-order chi connectivity index (χ1) is 9.16. The molecule has 102 valence electrons. The minimum absolute atomic E-state index is 0.0169. The van der Waals surface area contributed by atoms with E-state index in [0.29, 0.717) is 0 Å². The Kier molecular flexibility index (Phi) is 4.74. The van der Waals surface area contributed by atoms with Crippen molar-refractivity contribution in [3.63, 3.8) is 0 Å². The Hall–Kier alpha value is -1.61. The number of aryl methyl sites for hydroxylation is 1. The predicted molar refractivity (Wildman–Crippen MR) is 77.6 cm³/mol. The first kappa shape index (κ1) is 13.8. The average Bonchev–Trinajstić information content (AvgIpc) is 2.85. The number of nitrogens with two attached hydrogens (primary N) is 1. The number of hydrogen-bond donors (Lipinski definition) is 1. The quantitative estimate of drug-likeness (QED) is 0.821. The highest BCUT2D eigenvalue weighted by Crippen LogP contribution is 2.18. The molecule has 0 radical (unpaired) electrons. The van der Waals surface area contributed by atoms with Crippen LogP contribution in [-0.2, 0) is 11.2 Å². The third kappa shape index (κ3) is 3.93. The molecule has 0 spiro atoms. The minimum atomic E-state index is -0.0169. The fourth-order valence-electron chi connectivity index (χ4n) is 2.47. The Morgan fingerprint density at radius 2 is 2.05 bits per heavy atom. The van der Waals surface area contributed by atoms with Crippen molar-refractivity contribution < 1.29 is 4.79 Å². The van der Waals surface area contributed by atoms with Crippen LogP contribution in [0.25, 0.3) is 0 Å². The van der Waals surface area contributed by atoms with Crippen LogP contribution < -0.4 is 5.73 Å². The van der Waals surface area contributed by atoms with Gasteiger partial charge in [-0.25, -0.2) is 0 Å². The van der Waals surface area contributed by atoms with E-state index in [-0.39, 0.29) is 17.9 Å². The minimum Gasteiger partial charge on any atom is -0.345 e. The molecular weight excluding hydrogens is 236 g/mol. The second kappa shape index (κ2) is 6.53. The maximum atomic E-state index is 12.2. The molecule has 0 saturated heterocycles. The highest BCUT2D eigenvalue weighted by atomic mass is 16.2. The monoisotopic (exact) mass is 258 g/mol. The Morgan fingerprint density at radius 3 is 2.68 bits per heavy atom. The van der Waals surface area contributed by atoms with E-state index in [2.05, 4.69) is 24.3 Å². The van der Waals surface area contributed by atoms with E-state index in [1.165, 1.54) is 5.56 Å². The fourth-order valence-corrected chi connectivity index (χ4v) is 2.47. The summed E-state index contributed by atoms with van der Waals surface area (Å²) in [5, 5.41) is 0. The zero-order valence-corrected chi connectivity index (χ0v) is 11.5. The van der Waals surface area contributed by atoms with Gasteiger partial charge in [0.25, 0.3) is 0 Å². The lowest BCUT2D eigenvalue weighted by Crippen LogP contribution is -2.33. The lowest BCUT2D eigenvalue weighted by molar-refractivity contribution is -0.132. The largest absolute Gasteiger partial charge is 0.345 e. The summed E-state index contributed by atoms with van der Waals surface area (Å²) in [6, 6.07) is 10.4. The molecule has 19 heavy (non-hydrogen) atoms. The van der Waals surface area contributed by atoms with Crippen molar-refractivity contribution in [3.8, 4) is 0 Å². The summed E-state index contributed by atoms with van der Waals surface area (Å²) in [7, 11) is 1.88. The van der Waals surface area contributed by atoms with E-state index in [1.807, 2.05) is 30.2 Å². The van der Waals surface area contributed by atoms with Crippen LogP contribution in [0.15, 0.2) is 42.5 Å². The van der Waals surface area contributed by atoms with Crippen LogP contribution in [0, 0.1) is 5.92 Å². The normalized spacial score (nSPS) is 21.6. The van der Waals surface area contributed by atoms with Crippen molar-refractivity contribution in [2.45, 2.75) is 25.3 Å². The third-order valence-electron chi connectivity index (χ3n) is 3.61. The SMILES string of the molecule is CN(CCCc1ccccc1)C(=O)C1C=CC(N)C1. The number of benzene rings is 1. The maximum Gasteiger partial charge on any atom is 0.229 e. The standard InChI is InChI=1S/C16H22N2O/c1-18(16(19)14-9-10-15(17)12-14)11-5-8-13-6-3-2-4-7-13/h2-4,6-7,9-10,14-15H,5,8,11-12,17H2,1H3. The number of carbonyl (C=O) groups is 1. The van der Waals surface area contributed by atoms with Crippen molar-refractivity contribution in [2.75, 3.05) is 13.6 Å². The highest BCUT2D eigenvalue weighted by Gasteiger charge is 2.24. The van der Waals surface area contributed by atoms with Gasteiger partial charge in [0, 0.05) is 19.6 Å². The van der Waals surface area contributed by atoms with Gasteiger partial charge in [-0.15, -0.1) is 0 Å². The Labute approximate surface area is 115 Å². The van der Waals surface area contributed by atoms with Crippen LogP contribution in [0.3, 0.4) is 0 Å². The van der Waals surface area contributed by atoms with Gasteiger partial charge in [-0.05, 0) is 24.8 Å². The predicted octanol–water partition coefficient (Wildman–Crippen LogP) is 1.98. The molecule has 1 aromatic rings. The van der Waals surface area contributed by atoms with Gasteiger partial charge in [0.15, 0.2) is 0 Å². The van der Waals surface area contributed by atoms with E-state index in [4.69, 9.17) is 5.73 Å². The third-order valence-corrected chi connectivity index (χ3v) is 3.61. The van der Waals surface area contributed by atoms with Crippen LogP contribution >= 0.6 is 0 Å². The van der Waals surface area contributed by atoms with Gasteiger partial charge < -0.3 is 10.6 Å². The van der Waals surface area contributed by atoms with Gasteiger partial charge in [-0.3, -0.25) is 4.79 Å². The second-order valence-electron chi connectivity index (χ2n) is 5.24. The lowest BCUT2D eigenvalue weighted by atomic mass is 10.1. The summed E-state index contributed by atoms with van der Waals surface area (Å²) in [6.45, 7) is 0.799. The summed E-state index contributed by atoms with van der Waals surface area (Å²) < 4.78 is 0. The first-order valence-corrected chi connectivity index (χ1v) is 6.89. The smallest absolute Gasteiger partial charge is 0.229 e. The molecule has 2 rings (SSSR count). The molecule has 3 nitrogen and oxygen atoms in total. The molecule has 1 aliphatic rings. The van der Waals surface area contributed by atoms with E-state index in [1.54, 1.807) is 0 Å². The molecule has 0 bridgehead atoms. The summed E-state index contributed by atoms with van der Waals surface area (Å²) in [5.74, 6) is 0.175. The number of amides is 1. The number of rotatable bonds is 5. The molecule has 2 atom stereocenters. The number of nitrogens with zero attached hydrogens (tertiary/aromatic N) is 1. The zero-order chi connectivity index (χ0) is 13.7. The van der Waals surface area contributed by atoms with E-state index < -0.39 is 0 Å². The van der Waals surface area contributed by atoms with Crippen LogP contribution in [0.5, 0.6) is 0 Å². The molecule has 0 fully saturated rings. The summed E-state index contributed by atoms with van der Waals surface area (Å²) in [6.07, 6.45) is 6.64. The van der Waals surface area contributed by atoms with Crippen molar-refractivity contribution in [1.82, 2.24) is 4.90 Å². The zero-order valence-electron chi connectivity index (χ0n) is 11.5. The Balaban J connectivity index is 1.74. The lowest BCUT2D eigenvalue weighted by Gasteiger charge is -2.20. The molecule has 0 saturated carbocycles. The Morgan fingerprint density at radius 1 is 1.32 bits per heavy atom. The molecule has 2 unspecified atom stereocenters. The average molecular weight is 258 g/mol. The second-order valence-corrected chi connectivity index (χ2v) is 5.24. The van der Waals surface area contributed by atoms with Crippen molar-refractivity contribution in [1.29, 1.82) is 0 Å². The molecule has 1 amide bonds. The molecule has 0 aromatic heterocycles. The molecular formula is C16H22N2O. The fraction of sp³-hybridized carbons (Fsp3) is 0.438. The topological polar surface area (TPSA) is 46.3 Å². The van der Waals surface area contributed by atoms with Gasteiger partial charge in [0.1, 0.15) is 0 Å². The molecule has 1 aliphatic carbocycles. The summed E-state index contributed by atoms with van der Waals surface area (Å²) >= 11 is 0. The summed E-state index contributed by atoms with van der Waals surface area (Å²) in [4.78, 5) is 14.0. The molecule has 1 aromatic carbocycles. The number of hydrogen-bond acceptors (Lipinski definition) is 2. The van der Waals surface area contributed by atoms with Gasteiger partial charge in [0.05, 0.1) is 5.92 Å². The first-order valence-electron chi connectivity index (χ1n) is 6.89. The van der Waals surface area contributed by atoms with E-state index in [0.717, 1.165) is 25.8 Å². The van der Waals surface area contributed by atoms with Crippen LogP contribution in [-0.4, -0.2) is 30.4 Å². The molecule has 0 aliphatic heterocycles. The van der Waals surface area contributed by atoms with E-state index >= 15 is 0 Å². The molecule has 2 N–H and O–H groups in total. The molecule has 0 heterocycles. The van der Waals surface area contributed by atoms with Crippen molar-refractivity contribution >= 4 is 5.91 Å². The van der Waals surface area contributed by atoms with E-state index in [9.17, 15) is 4.79 Å². The van der Waals surface area contributed by atoms with Gasteiger partial charge >= 0.3 is 0 Å². The van der Waals surface area contributed by atoms with Crippen molar-refractivity contribution in [3.05, 3.63) is 48.0 Å². The van der Waals surface area contributed by atoms with Gasteiger partial charge in [0.2, 0.25) is 5.91 Å². The van der Waals surface area contributed by atoms with Crippen LogP contribution in [0.1, 0.15) is 18.4 Å². The van der Waals surface area contributed by atoms with Gasteiger partial charge in [-0.2, -0.15) is 0 Å². The molecule has 3 heteroatoms. The van der Waals surface area contributed by atoms with Crippen LogP contribution in [0.4, 0.5) is 0 Å². The summed E-state index contributed by atoms with van der Waals surface area (Å²) in [5.41, 5.74) is 7.11. The van der Waals surface area contributed by atoms with Crippen LogP contribution in [0.2, 0.25) is 0 Å². The van der Waals surface area contributed by atoms with Crippen molar-refractivity contribution in [2.24, 2.45) is 11.7 Å². The van der Waals surface area contributed by atoms with Gasteiger partial charge in [-0.1, -0.05) is 42.5 Å². The highest BCUT2D eigenvalue weighted by molar-refractivity contribution is 5.81.